The quantitative estimate of drug-likeness (QED) is 0.0243. The Morgan fingerprint density at radius 3 is 2.26 bits per heavy atom. The molecule has 5 N–H and O–H groups in total. The highest BCUT2D eigenvalue weighted by atomic mass is 32.1. The van der Waals surface area contributed by atoms with Crippen molar-refractivity contribution in [3.8, 4) is 11.5 Å². The summed E-state index contributed by atoms with van der Waals surface area (Å²) in [5, 5.41) is 25.8. The molecule has 5 amide bonds. The van der Waals surface area contributed by atoms with Gasteiger partial charge < -0.3 is 50.1 Å². The lowest BCUT2D eigenvalue weighted by molar-refractivity contribution is -0.791. The van der Waals surface area contributed by atoms with Crippen LogP contribution in [-0.4, -0.2) is 140 Å². The minimum Gasteiger partial charge on any atom is -0.629 e. The van der Waals surface area contributed by atoms with Gasteiger partial charge in [0.05, 0.1) is 48.1 Å². The van der Waals surface area contributed by atoms with Crippen LogP contribution in [-0.2, 0) is 35.1 Å². The number of thiazole rings is 1. The fourth-order valence-electron chi connectivity index (χ4n) is 9.55. The van der Waals surface area contributed by atoms with E-state index in [0.29, 0.717) is 50.9 Å². The highest BCUT2D eigenvalue weighted by Gasteiger charge is 2.45. The Balaban J connectivity index is 0.602. The second kappa shape index (κ2) is 28.1. The van der Waals surface area contributed by atoms with Gasteiger partial charge in [0.15, 0.2) is 5.13 Å². The Morgan fingerprint density at radius 1 is 0.803 bits per heavy atom. The van der Waals surface area contributed by atoms with E-state index in [9.17, 15) is 29.2 Å². The number of nitrogens with one attached hydrogen (secondary N) is 5. The number of piperidine rings is 1. The average molecular weight is 1060 g/mol. The van der Waals surface area contributed by atoms with Crippen LogP contribution in [0, 0.1) is 12.1 Å². The number of aryl methyl sites for hydroxylation is 1. The van der Waals surface area contributed by atoms with Gasteiger partial charge in [-0.1, -0.05) is 54.9 Å². The van der Waals surface area contributed by atoms with Gasteiger partial charge in [0, 0.05) is 70.1 Å². The Hall–Kier alpha value is -6.43. The van der Waals surface area contributed by atoms with Crippen LogP contribution in [0.15, 0.2) is 89.8 Å². The molecule has 5 heterocycles. The van der Waals surface area contributed by atoms with Crippen LogP contribution in [0.4, 0.5) is 16.5 Å². The van der Waals surface area contributed by atoms with E-state index in [1.54, 1.807) is 18.3 Å². The van der Waals surface area contributed by atoms with Gasteiger partial charge in [-0.3, -0.25) is 39.1 Å². The molecule has 1 aromatic heterocycles. The molecule has 406 valence electrons. The minimum absolute atomic E-state index is 0.0293. The van der Waals surface area contributed by atoms with Gasteiger partial charge in [0.2, 0.25) is 17.7 Å². The lowest BCUT2D eigenvalue weighted by Gasteiger charge is -2.38. The second-order valence-electron chi connectivity index (χ2n) is 19.2. The molecule has 0 spiro atoms. The van der Waals surface area contributed by atoms with Gasteiger partial charge in [-0.05, 0) is 95.0 Å². The van der Waals surface area contributed by atoms with Crippen molar-refractivity contribution in [3.63, 3.8) is 0 Å². The Morgan fingerprint density at radius 2 is 1.53 bits per heavy atom. The van der Waals surface area contributed by atoms with E-state index < -0.39 is 29.7 Å². The molecule has 4 aromatic rings. The molecule has 0 aliphatic carbocycles. The van der Waals surface area contributed by atoms with E-state index in [4.69, 9.17) is 23.9 Å². The number of aliphatic imine (C=N–C) groups is 1. The van der Waals surface area contributed by atoms with Crippen molar-refractivity contribution in [1.82, 2.24) is 30.3 Å². The van der Waals surface area contributed by atoms with Crippen LogP contribution in [0.1, 0.15) is 102 Å². The SMILES string of the molecule is CC1=NC(N2CCN(CCCCCCOCCOCCOCCCCCC(=O)Nc3cccc4c3C(=O)N(C3CCC(=O)NC3=O)C4=O)CC2)C=C(Nc2ncc(C[NH+]([O-])c3ccc(Oc4ccccc4)cc3C)s2)N1. The maximum atomic E-state index is 13.3. The number of amidine groups is 1. The van der Waals surface area contributed by atoms with Gasteiger partial charge in [0.25, 0.3) is 11.8 Å². The molecule has 2 fully saturated rings. The summed E-state index contributed by atoms with van der Waals surface area (Å²) in [7, 11) is 0. The molecule has 76 heavy (non-hydrogen) atoms. The monoisotopic (exact) mass is 1060 g/mol. The topological polar surface area (TPSA) is 233 Å². The summed E-state index contributed by atoms with van der Waals surface area (Å²) >= 11 is 1.47. The standard InChI is InChI=1S/C55H70N10O10S/c1-38-34-41(75-40-14-7-5-8-15-40)19-20-45(38)64(71)37-42-36-56-55(76-42)60-47-35-48(58-39(2)57-47)63-26-24-62(25-27-63)23-10-3-4-11-28-72-30-32-74-33-31-73-29-12-6-9-18-49(66)59-44-17-13-16-43-51(44)54(70)65(53(43)69)46-21-22-50(67)61-52(46)68/h5,7-8,13-17,19-20,34-36,46,48,64H,3-4,6,9-12,18,21-33,37H2,1-2H3,(H,56,60)(H,57,58)(H,59,66)(H,61,67,68). The Labute approximate surface area is 447 Å². The van der Waals surface area contributed by atoms with Gasteiger partial charge >= 0.3 is 0 Å². The number of hydroxylamine groups is 1. The maximum Gasteiger partial charge on any atom is 0.264 e. The number of imide groups is 2. The number of quaternary nitrogens is 1. The van der Waals surface area contributed by atoms with Crippen LogP contribution in [0.25, 0.3) is 0 Å². The number of hydrogen-bond acceptors (Lipinski definition) is 17. The zero-order valence-corrected chi connectivity index (χ0v) is 44.3. The predicted octanol–water partition coefficient (Wildman–Crippen LogP) is 5.89. The zero-order valence-electron chi connectivity index (χ0n) is 43.4. The number of carbonyl (C=O) groups is 5. The first-order chi connectivity index (χ1) is 37.0. The number of carbonyl (C=O) groups excluding carboxylic acids is 5. The first kappa shape index (κ1) is 55.8. The van der Waals surface area contributed by atoms with E-state index in [2.05, 4.69) is 42.1 Å². The largest absolute Gasteiger partial charge is 0.629 e. The van der Waals surface area contributed by atoms with E-state index in [0.717, 1.165) is 109 Å². The summed E-state index contributed by atoms with van der Waals surface area (Å²) in [5.41, 5.74) is 1.94. The van der Waals surface area contributed by atoms with Gasteiger partial charge in [0.1, 0.15) is 47.6 Å². The fourth-order valence-corrected chi connectivity index (χ4v) is 10.4. The Kier molecular flexibility index (Phi) is 20.6. The first-order valence-corrected chi connectivity index (χ1v) is 27.3. The third-order valence-electron chi connectivity index (χ3n) is 13.5. The molecule has 2 saturated heterocycles. The van der Waals surface area contributed by atoms with Crippen LogP contribution >= 0.6 is 11.3 Å². The Bertz CT molecular complexity index is 2690. The molecule has 20 nitrogen and oxygen atoms in total. The molecule has 0 radical (unpaired) electrons. The number of benzene rings is 3. The molecule has 3 atom stereocenters. The number of ether oxygens (including phenoxy) is 4. The smallest absolute Gasteiger partial charge is 0.264 e. The normalized spacial score (nSPS) is 18.4. The summed E-state index contributed by atoms with van der Waals surface area (Å²) in [4.78, 5) is 79.2. The molecule has 3 unspecified atom stereocenters. The molecular weight excluding hydrogens is 993 g/mol. The molecule has 0 bridgehead atoms. The summed E-state index contributed by atoms with van der Waals surface area (Å²) in [5.74, 6) is 0.433. The summed E-state index contributed by atoms with van der Waals surface area (Å²) in [6.45, 7) is 12.4. The molecule has 3 aromatic carbocycles. The predicted molar refractivity (Wildman–Crippen MR) is 288 cm³/mol. The van der Waals surface area contributed by atoms with Crippen molar-refractivity contribution in [2.75, 3.05) is 83.0 Å². The van der Waals surface area contributed by atoms with Crippen LogP contribution in [0.3, 0.4) is 0 Å². The van der Waals surface area contributed by atoms with E-state index >= 15 is 0 Å². The summed E-state index contributed by atoms with van der Waals surface area (Å²) in [6, 6.07) is 18.7. The lowest BCUT2D eigenvalue weighted by Crippen LogP contribution is -3.00. The summed E-state index contributed by atoms with van der Waals surface area (Å²) < 4.78 is 23.1. The number of hydrogen-bond donors (Lipinski definition) is 5. The number of anilines is 2. The molecule has 0 saturated carbocycles. The van der Waals surface area contributed by atoms with Crippen molar-refractivity contribution < 1.29 is 48.0 Å². The van der Waals surface area contributed by atoms with Crippen molar-refractivity contribution in [2.45, 2.75) is 96.8 Å². The third-order valence-corrected chi connectivity index (χ3v) is 14.4. The number of fused-ring (bicyclic) bond motifs is 1. The van der Waals surface area contributed by atoms with Crippen molar-refractivity contribution in [2.24, 2.45) is 4.99 Å². The number of amides is 5. The van der Waals surface area contributed by atoms with E-state index in [1.807, 2.05) is 62.4 Å². The zero-order chi connectivity index (χ0) is 53.2. The van der Waals surface area contributed by atoms with Crippen LogP contribution < -0.4 is 31.1 Å². The van der Waals surface area contributed by atoms with E-state index in [-0.39, 0.29) is 59.8 Å². The highest BCUT2D eigenvalue weighted by molar-refractivity contribution is 7.15. The molecule has 4 aliphatic heterocycles. The first-order valence-electron chi connectivity index (χ1n) is 26.4. The van der Waals surface area contributed by atoms with Gasteiger partial charge in [-0.15, -0.1) is 0 Å². The lowest BCUT2D eigenvalue weighted by atomic mass is 10.0. The number of para-hydroxylation sites is 1. The van der Waals surface area contributed by atoms with Crippen molar-refractivity contribution in [3.05, 3.63) is 112 Å². The second-order valence-corrected chi connectivity index (χ2v) is 20.4. The third kappa shape index (κ3) is 15.8. The van der Waals surface area contributed by atoms with Gasteiger partial charge in [-0.2, -0.15) is 0 Å². The van der Waals surface area contributed by atoms with E-state index in [1.165, 1.54) is 23.8 Å². The number of rotatable bonds is 29. The van der Waals surface area contributed by atoms with Crippen LogP contribution in [0.5, 0.6) is 11.5 Å². The number of unbranched alkanes of at least 4 members (excludes halogenated alkanes) is 5. The molecule has 21 heteroatoms. The molecule has 8 rings (SSSR count). The summed E-state index contributed by atoms with van der Waals surface area (Å²) in [6.07, 6.45) is 10.8. The molecular formula is C55H70N10O10S. The maximum absolute atomic E-state index is 13.3. The van der Waals surface area contributed by atoms with Crippen LogP contribution in [0.2, 0.25) is 0 Å². The number of nitrogens with zero attached hydrogens (tertiary/aromatic N) is 5. The number of piperazine rings is 1. The minimum atomic E-state index is -1.07. The van der Waals surface area contributed by atoms with Crippen molar-refractivity contribution in [1.29, 1.82) is 0 Å². The average Bonchev–Trinajstić information content (AvgIpc) is 3.95. The highest BCUT2D eigenvalue weighted by Crippen LogP contribution is 2.33. The number of aromatic nitrogens is 1. The van der Waals surface area contributed by atoms with Gasteiger partial charge in [-0.25, -0.2) is 9.98 Å². The molecule has 4 aliphatic rings. The fraction of sp³-hybridized carbons (Fsp3) is 0.473. The van der Waals surface area contributed by atoms with Crippen molar-refractivity contribution >= 4 is 63.2 Å².